The summed E-state index contributed by atoms with van der Waals surface area (Å²) in [7, 11) is 0. The molecule has 1 heterocycles. The number of nitrogens with zero attached hydrogens (tertiary/aromatic N) is 2. The minimum absolute atomic E-state index is 0.0288. The standard InChI is InChI=1S/C15H13Cl2N3O3/c1-8-6-19-13(7-18-8)15(22)23-9(2)14(21)20-12-4-10(16)3-11(17)5-12/h3-7,9H,1-2H3,(H,20,21). The minimum Gasteiger partial charge on any atom is -0.448 e. The molecular formula is C15H13Cl2N3O3. The fourth-order valence-corrected chi connectivity index (χ4v) is 2.17. The molecule has 1 N–H and O–H groups in total. The van der Waals surface area contributed by atoms with E-state index in [4.69, 9.17) is 27.9 Å². The predicted molar refractivity (Wildman–Crippen MR) is 86.7 cm³/mol. The lowest BCUT2D eigenvalue weighted by Crippen LogP contribution is -2.30. The molecule has 1 atom stereocenters. The van der Waals surface area contributed by atoms with E-state index in [0.29, 0.717) is 21.4 Å². The van der Waals surface area contributed by atoms with Gasteiger partial charge in [-0.1, -0.05) is 23.2 Å². The van der Waals surface area contributed by atoms with Crippen LogP contribution in [0.4, 0.5) is 5.69 Å². The maximum absolute atomic E-state index is 12.0. The third-order valence-electron chi connectivity index (χ3n) is 2.77. The van der Waals surface area contributed by atoms with Crippen LogP contribution in [0.3, 0.4) is 0 Å². The molecule has 2 aromatic rings. The van der Waals surface area contributed by atoms with Crippen LogP contribution in [0.5, 0.6) is 0 Å². The molecule has 1 amide bonds. The number of rotatable bonds is 4. The van der Waals surface area contributed by atoms with Crippen molar-refractivity contribution in [2.45, 2.75) is 20.0 Å². The van der Waals surface area contributed by atoms with Crippen molar-refractivity contribution in [1.29, 1.82) is 0 Å². The summed E-state index contributed by atoms with van der Waals surface area (Å²) in [5.41, 5.74) is 1.11. The van der Waals surface area contributed by atoms with Gasteiger partial charge < -0.3 is 10.1 Å². The maximum atomic E-state index is 12.0. The Morgan fingerprint density at radius 3 is 2.35 bits per heavy atom. The predicted octanol–water partition coefficient (Wildman–Crippen LogP) is 3.28. The summed E-state index contributed by atoms with van der Waals surface area (Å²) in [6, 6.07) is 4.61. The van der Waals surface area contributed by atoms with E-state index < -0.39 is 18.0 Å². The number of amides is 1. The normalized spacial score (nSPS) is 11.7. The zero-order valence-corrected chi connectivity index (χ0v) is 13.9. The Balaban J connectivity index is 1.99. The largest absolute Gasteiger partial charge is 0.448 e. The Labute approximate surface area is 142 Å². The number of carbonyl (C=O) groups is 2. The summed E-state index contributed by atoms with van der Waals surface area (Å²) in [5, 5.41) is 3.33. The summed E-state index contributed by atoms with van der Waals surface area (Å²) in [6.45, 7) is 3.19. The van der Waals surface area contributed by atoms with Gasteiger partial charge in [-0.05, 0) is 32.0 Å². The zero-order chi connectivity index (χ0) is 17.0. The van der Waals surface area contributed by atoms with Crippen LogP contribution in [0.2, 0.25) is 10.0 Å². The van der Waals surface area contributed by atoms with Crippen LogP contribution in [0, 0.1) is 6.92 Å². The third kappa shape index (κ3) is 4.91. The molecule has 1 unspecified atom stereocenters. The summed E-state index contributed by atoms with van der Waals surface area (Å²) in [5.74, 6) is -1.25. The average molecular weight is 354 g/mol. The van der Waals surface area contributed by atoms with Gasteiger partial charge in [-0.3, -0.25) is 9.78 Å². The summed E-state index contributed by atoms with van der Waals surface area (Å²) >= 11 is 11.7. The van der Waals surface area contributed by atoms with Gasteiger partial charge in [-0.15, -0.1) is 0 Å². The van der Waals surface area contributed by atoms with E-state index >= 15 is 0 Å². The first-order chi connectivity index (χ1) is 10.8. The van der Waals surface area contributed by atoms with Crippen LogP contribution in [0.15, 0.2) is 30.6 Å². The number of aromatic nitrogens is 2. The Morgan fingerprint density at radius 1 is 1.13 bits per heavy atom. The first-order valence-electron chi connectivity index (χ1n) is 6.62. The van der Waals surface area contributed by atoms with Crippen LogP contribution in [-0.4, -0.2) is 27.9 Å². The Hall–Kier alpha value is -2.18. The van der Waals surface area contributed by atoms with Crippen molar-refractivity contribution in [1.82, 2.24) is 9.97 Å². The summed E-state index contributed by atoms with van der Waals surface area (Å²) in [4.78, 5) is 31.8. The lowest BCUT2D eigenvalue weighted by atomic mass is 10.3. The van der Waals surface area contributed by atoms with E-state index in [2.05, 4.69) is 15.3 Å². The van der Waals surface area contributed by atoms with Gasteiger partial charge in [0, 0.05) is 21.9 Å². The molecule has 1 aromatic carbocycles. The fourth-order valence-electron chi connectivity index (χ4n) is 1.64. The molecule has 0 saturated heterocycles. The number of benzene rings is 1. The van der Waals surface area contributed by atoms with Crippen molar-refractivity contribution in [3.63, 3.8) is 0 Å². The van der Waals surface area contributed by atoms with Gasteiger partial charge in [0.15, 0.2) is 11.8 Å². The lowest BCUT2D eigenvalue weighted by molar-refractivity contribution is -0.123. The quantitative estimate of drug-likeness (QED) is 0.853. The number of hydrogen-bond acceptors (Lipinski definition) is 5. The van der Waals surface area contributed by atoms with Gasteiger partial charge in [0.25, 0.3) is 5.91 Å². The molecule has 2 rings (SSSR count). The second-order valence-electron chi connectivity index (χ2n) is 4.74. The highest BCUT2D eigenvalue weighted by atomic mass is 35.5. The molecule has 0 spiro atoms. The second kappa shape index (κ2) is 7.39. The SMILES string of the molecule is Cc1cnc(C(=O)OC(C)C(=O)Nc2cc(Cl)cc(Cl)c2)cn1. The van der Waals surface area contributed by atoms with E-state index in [1.807, 2.05) is 0 Å². The third-order valence-corrected chi connectivity index (χ3v) is 3.21. The van der Waals surface area contributed by atoms with E-state index in [0.717, 1.165) is 0 Å². The van der Waals surface area contributed by atoms with Gasteiger partial charge in [-0.25, -0.2) is 9.78 Å². The van der Waals surface area contributed by atoms with Crippen molar-refractivity contribution in [3.8, 4) is 0 Å². The molecule has 0 aliphatic heterocycles. The Kier molecular flexibility index (Phi) is 5.52. The number of hydrogen-bond donors (Lipinski definition) is 1. The number of carbonyl (C=O) groups excluding carboxylic acids is 2. The minimum atomic E-state index is -1.02. The molecule has 8 heteroatoms. The number of aryl methyl sites for hydroxylation is 1. The molecule has 23 heavy (non-hydrogen) atoms. The van der Waals surface area contributed by atoms with Gasteiger partial charge in [-0.2, -0.15) is 0 Å². The second-order valence-corrected chi connectivity index (χ2v) is 5.61. The van der Waals surface area contributed by atoms with Crippen molar-refractivity contribution in [3.05, 3.63) is 52.0 Å². The van der Waals surface area contributed by atoms with Crippen LogP contribution in [0.25, 0.3) is 0 Å². The van der Waals surface area contributed by atoms with Gasteiger partial charge >= 0.3 is 5.97 Å². The highest BCUT2D eigenvalue weighted by Gasteiger charge is 2.20. The molecule has 1 aromatic heterocycles. The molecular weight excluding hydrogens is 341 g/mol. The molecule has 6 nitrogen and oxygen atoms in total. The van der Waals surface area contributed by atoms with E-state index in [1.165, 1.54) is 37.5 Å². The van der Waals surface area contributed by atoms with Crippen LogP contribution < -0.4 is 5.32 Å². The van der Waals surface area contributed by atoms with Crippen LogP contribution >= 0.6 is 23.2 Å². The van der Waals surface area contributed by atoms with E-state index in [9.17, 15) is 9.59 Å². The molecule has 0 fully saturated rings. The highest BCUT2D eigenvalue weighted by Crippen LogP contribution is 2.22. The number of nitrogens with one attached hydrogen (secondary N) is 1. The van der Waals surface area contributed by atoms with E-state index in [1.54, 1.807) is 6.92 Å². The van der Waals surface area contributed by atoms with Crippen molar-refractivity contribution in [2.24, 2.45) is 0 Å². The molecule has 0 bridgehead atoms. The first kappa shape index (κ1) is 17.2. The number of halogens is 2. The number of ether oxygens (including phenoxy) is 1. The molecule has 120 valence electrons. The molecule has 0 aliphatic carbocycles. The number of anilines is 1. The smallest absolute Gasteiger partial charge is 0.359 e. The molecule has 0 saturated carbocycles. The Bertz CT molecular complexity index is 715. The maximum Gasteiger partial charge on any atom is 0.359 e. The van der Waals surface area contributed by atoms with Crippen LogP contribution in [0.1, 0.15) is 23.1 Å². The van der Waals surface area contributed by atoms with Gasteiger partial charge in [0.1, 0.15) is 0 Å². The summed E-state index contributed by atoms with van der Waals surface area (Å²) in [6.07, 6.45) is 1.71. The highest BCUT2D eigenvalue weighted by molar-refractivity contribution is 6.35. The monoisotopic (exact) mass is 353 g/mol. The molecule has 0 radical (unpaired) electrons. The van der Waals surface area contributed by atoms with Crippen molar-refractivity contribution < 1.29 is 14.3 Å². The molecule has 0 aliphatic rings. The fraction of sp³-hybridized carbons (Fsp3) is 0.200. The van der Waals surface area contributed by atoms with Crippen molar-refractivity contribution in [2.75, 3.05) is 5.32 Å². The number of esters is 1. The lowest BCUT2D eigenvalue weighted by Gasteiger charge is -2.13. The van der Waals surface area contributed by atoms with E-state index in [-0.39, 0.29) is 5.69 Å². The van der Waals surface area contributed by atoms with Crippen LogP contribution in [-0.2, 0) is 9.53 Å². The van der Waals surface area contributed by atoms with Crippen molar-refractivity contribution >= 4 is 40.8 Å². The topological polar surface area (TPSA) is 81.2 Å². The average Bonchev–Trinajstić information content (AvgIpc) is 2.46. The summed E-state index contributed by atoms with van der Waals surface area (Å²) < 4.78 is 5.05. The first-order valence-corrected chi connectivity index (χ1v) is 7.37. The van der Waals surface area contributed by atoms with Gasteiger partial charge in [0.05, 0.1) is 11.9 Å². The zero-order valence-electron chi connectivity index (χ0n) is 12.3. The van der Waals surface area contributed by atoms with Gasteiger partial charge in [0.2, 0.25) is 0 Å². The Morgan fingerprint density at radius 2 is 1.78 bits per heavy atom.